The van der Waals surface area contributed by atoms with E-state index < -0.39 is 25.8 Å². The van der Waals surface area contributed by atoms with E-state index in [2.05, 4.69) is 52.9 Å². The minimum atomic E-state index is -2.14. The van der Waals surface area contributed by atoms with Crippen LogP contribution in [0, 0.1) is 23.2 Å². The summed E-state index contributed by atoms with van der Waals surface area (Å²) in [7, 11) is -2.14. The molecule has 0 N–H and O–H groups in total. The fourth-order valence-electron chi connectivity index (χ4n) is 4.14. The van der Waals surface area contributed by atoms with Crippen molar-refractivity contribution in [2.45, 2.75) is 119 Å². The van der Waals surface area contributed by atoms with Crippen molar-refractivity contribution in [3.05, 3.63) is 23.8 Å². The van der Waals surface area contributed by atoms with E-state index in [1.54, 1.807) is 0 Å². The van der Waals surface area contributed by atoms with Gasteiger partial charge >= 0.3 is 5.97 Å². The number of cyclic esters (lactones) is 1. The fourth-order valence-corrected chi connectivity index (χ4v) is 5.59. The lowest BCUT2D eigenvalue weighted by molar-refractivity contribution is -0.156. The first kappa shape index (κ1) is 31.5. The minimum Gasteiger partial charge on any atom is -0.454 e. The van der Waals surface area contributed by atoms with Gasteiger partial charge in [-0.25, -0.2) is 0 Å². The van der Waals surface area contributed by atoms with E-state index in [1.165, 1.54) is 6.92 Å². The molecule has 0 aromatic heterocycles. The van der Waals surface area contributed by atoms with Crippen molar-refractivity contribution in [2.75, 3.05) is 0 Å². The number of hydrogen-bond donors (Lipinski definition) is 0. The summed E-state index contributed by atoms with van der Waals surface area (Å²) in [5.41, 5.74) is 0.347. The molecule has 1 aliphatic rings. The van der Waals surface area contributed by atoms with Gasteiger partial charge in [0.05, 0.1) is 6.10 Å². The maximum Gasteiger partial charge on any atom is 0.306 e. The minimum absolute atomic E-state index is 0.0214. The summed E-state index contributed by atoms with van der Waals surface area (Å²) in [4.78, 5) is 38.7. The number of Topliss-reactive ketones (excluding diaryl/α,β-unsaturated/α-hetero) is 2. The Morgan fingerprint density at radius 1 is 1.14 bits per heavy atom. The van der Waals surface area contributed by atoms with Crippen molar-refractivity contribution in [1.29, 1.82) is 0 Å². The molecule has 1 rings (SSSR count). The van der Waals surface area contributed by atoms with Crippen LogP contribution in [0.25, 0.3) is 0 Å². The number of esters is 1. The van der Waals surface area contributed by atoms with Gasteiger partial charge in [-0.1, -0.05) is 79.2 Å². The lowest BCUT2D eigenvalue weighted by atomic mass is 9.69. The van der Waals surface area contributed by atoms with Gasteiger partial charge in [0.25, 0.3) is 0 Å². The number of rotatable bonds is 3. The van der Waals surface area contributed by atoms with Crippen LogP contribution in [0.15, 0.2) is 23.8 Å². The smallest absolute Gasteiger partial charge is 0.306 e. The largest absolute Gasteiger partial charge is 0.454 e. The Kier molecular flexibility index (Phi) is 10.9. The van der Waals surface area contributed by atoms with Crippen LogP contribution in [0.3, 0.4) is 0 Å². The highest BCUT2D eigenvalue weighted by molar-refractivity contribution is 6.74. The molecule has 0 saturated carbocycles. The van der Waals surface area contributed by atoms with Crippen LogP contribution in [0.1, 0.15) is 88.5 Å². The number of ether oxygens (including phenoxy) is 1. The first-order chi connectivity index (χ1) is 15.8. The van der Waals surface area contributed by atoms with Gasteiger partial charge in [0.2, 0.25) is 0 Å². The summed E-state index contributed by atoms with van der Waals surface area (Å²) in [5, 5.41) is 0.0214. The van der Waals surface area contributed by atoms with Gasteiger partial charge < -0.3 is 9.16 Å². The molecule has 0 saturated heterocycles. The Morgan fingerprint density at radius 2 is 1.71 bits per heavy atom. The molecule has 0 aromatic rings. The Hall–Kier alpha value is -1.53. The summed E-state index contributed by atoms with van der Waals surface area (Å²) < 4.78 is 12.4. The molecular weight excluding hydrogens is 456 g/mol. The van der Waals surface area contributed by atoms with Crippen LogP contribution < -0.4 is 0 Å². The van der Waals surface area contributed by atoms with Gasteiger partial charge in [-0.05, 0) is 50.2 Å². The zero-order chi connectivity index (χ0) is 27.4. The summed E-state index contributed by atoms with van der Waals surface area (Å²) in [6.45, 7) is 24.4. The Bertz CT molecular complexity index is 831. The molecule has 0 spiro atoms. The van der Waals surface area contributed by atoms with Gasteiger partial charge in [-0.2, -0.15) is 0 Å². The van der Waals surface area contributed by atoms with E-state index in [9.17, 15) is 14.4 Å². The van der Waals surface area contributed by atoms with E-state index in [-0.39, 0.29) is 46.9 Å². The van der Waals surface area contributed by atoms with E-state index in [1.807, 2.05) is 40.7 Å². The number of allylic oxidation sites excluding steroid dienone is 2. The normalized spacial score (nSPS) is 32.3. The molecule has 0 amide bonds. The van der Waals surface area contributed by atoms with E-state index in [4.69, 9.17) is 9.16 Å². The van der Waals surface area contributed by atoms with Crippen LogP contribution >= 0.6 is 0 Å². The predicted octanol–water partition coefficient (Wildman–Crippen LogP) is 7.07. The van der Waals surface area contributed by atoms with Gasteiger partial charge in [-0.15, -0.1) is 0 Å². The van der Waals surface area contributed by atoms with Crippen LogP contribution in [0.4, 0.5) is 0 Å². The molecular formula is C29H50O5Si. The molecule has 5 nitrogen and oxygen atoms in total. The van der Waals surface area contributed by atoms with Crippen LogP contribution in [-0.4, -0.2) is 38.1 Å². The first-order valence-corrected chi connectivity index (χ1v) is 16.0. The molecule has 0 unspecified atom stereocenters. The first-order valence-electron chi connectivity index (χ1n) is 13.1. The second kappa shape index (κ2) is 12.1. The quantitative estimate of drug-likeness (QED) is 0.233. The fraction of sp³-hybridized carbons (Fsp3) is 0.759. The van der Waals surface area contributed by atoms with E-state index in [0.717, 1.165) is 12.0 Å². The van der Waals surface area contributed by atoms with Crippen LogP contribution in [0.5, 0.6) is 0 Å². The third-order valence-corrected chi connectivity index (χ3v) is 12.8. The lowest BCUT2D eigenvalue weighted by Gasteiger charge is -2.43. The standard InChI is InChI=1S/C29H50O5Si/c1-19-14-13-15-20(2)26(34-35(11,12)28(6,7)8)22(4)27(32)29(9,10)21(3)18-25(31)33-24(17-16-19)23(5)30/h13,15-16,20-22,24,26H,14,17-18H2,1-12H3/b15-13+,19-16-/t20-,21-,22+,24-,26-/m0/s1. The molecule has 0 radical (unpaired) electrons. The SMILES string of the molecule is CC(=O)[C@@H]1C/C=C(/C)C/C=C/[C@H](C)[C@H](O[Si](C)(C)C(C)(C)C)[C@@H](C)C(=O)C(C)(C)[C@@H](C)CC(=O)O1. The molecule has 200 valence electrons. The van der Waals surface area contributed by atoms with E-state index in [0.29, 0.717) is 6.42 Å². The molecule has 0 aromatic carbocycles. The predicted molar refractivity (Wildman–Crippen MR) is 146 cm³/mol. The maximum absolute atomic E-state index is 13.9. The van der Waals surface area contributed by atoms with E-state index >= 15 is 0 Å². The number of carbonyl (C=O) groups is 3. The molecule has 6 heteroatoms. The van der Waals surface area contributed by atoms with Gasteiger partial charge in [0.15, 0.2) is 20.2 Å². The zero-order valence-electron chi connectivity index (χ0n) is 24.3. The number of ketones is 2. The second-order valence-electron chi connectivity index (χ2n) is 12.7. The Morgan fingerprint density at radius 3 is 2.23 bits per heavy atom. The van der Waals surface area contributed by atoms with Gasteiger partial charge in [-0.3, -0.25) is 14.4 Å². The highest BCUT2D eigenvalue weighted by Crippen LogP contribution is 2.41. The van der Waals surface area contributed by atoms with Crippen LogP contribution in [0.2, 0.25) is 18.1 Å². The monoisotopic (exact) mass is 506 g/mol. The molecule has 5 atom stereocenters. The third kappa shape index (κ3) is 8.52. The maximum atomic E-state index is 13.9. The van der Waals surface area contributed by atoms with Gasteiger partial charge in [0.1, 0.15) is 5.78 Å². The average molecular weight is 507 g/mol. The topological polar surface area (TPSA) is 69.7 Å². The number of carbonyl (C=O) groups excluding carboxylic acids is 3. The molecule has 0 fully saturated rings. The third-order valence-electron chi connectivity index (χ3n) is 8.29. The van der Waals surface area contributed by atoms with Crippen molar-refractivity contribution < 1.29 is 23.5 Å². The molecule has 1 heterocycles. The number of hydrogen-bond acceptors (Lipinski definition) is 5. The molecule has 0 bridgehead atoms. The Labute approximate surface area is 215 Å². The summed E-state index contributed by atoms with van der Waals surface area (Å²) in [6, 6.07) is 0. The van der Waals surface area contributed by atoms with Crippen molar-refractivity contribution in [1.82, 2.24) is 0 Å². The van der Waals surface area contributed by atoms with Crippen molar-refractivity contribution in [2.24, 2.45) is 23.2 Å². The molecule has 1 aliphatic heterocycles. The Balaban J connectivity index is 3.47. The van der Waals surface area contributed by atoms with Crippen LogP contribution in [-0.2, 0) is 23.5 Å². The van der Waals surface area contributed by atoms with Crippen molar-refractivity contribution >= 4 is 25.9 Å². The second-order valence-corrected chi connectivity index (χ2v) is 17.4. The highest BCUT2D eigenvalue weighted by Gasteiger charge is 2.45. The van der Waals surface area contributed by atoms with Gasteiger partial charge in [0, 0.05) is 24.2 Å². The highest BCUT2D eigenvalue weighted by atomic mass is 28.4. The van der Waals surface area contributed by atoms with Crippen molar-refractivity contribution in [3.63, 3.8) is 0 Å². The zero-order valence-corrected chi connectivity index (χ0v) is 25.3. The molecule has 0 aliphatic carbocycles. The lowest BCUT2D eigenvalue weighted by Crippen LogP contribution is -2.50. The summed E-state index contributed by atoms with van der Waals surface area (Å²) >= 11 is 0. The summed E-state index contributed by atoms with van der Waals surface area (Å²) in [6.07, 6.45) is 6.37. The molecule has 35 heavy (non-hydrogen) atoms. The van der Waals surface area contributed by atoms with Crippen molar-refractivity contribution in [3.8, 4) is 0 Å². The summed E-state index contributed by atoms with van der Waals surface area (Å²) in [5.74, 6) is -1.06. The average Bonchev–Trinajstić information content (AvgIpc) is 2.71.